The number of esters is 1. The number of aromatic nitrogens is 2. The van der Waals surface area contributed by atoms with Gasteiger partial charge in [0.25, 0.3) is 5.91 Å². The summed E-state index contributed by atoms with van der Waals surface area (Å²) in [6, 6.07) is 10.4. The van der Waals surface area contributed by atoms with E-state index in [1.165, 1.54) is 12.4 Å². The van der Waals surface area contributed by atoms with Crippen LogP contribution in [0.15, 0.2) is 71.4 Å². The number of allylic oxidation sites excluding steroid dienone is 2. The van der Waals surface area contributed by atoms with Crippen LogP contribution in [0.2, 0.25) is 0 Å². The first-order valence-electron chi connectivity index (χ1n) is 11.2. The predicted molar refractivity (Wildman–Crippen MR) is 132 cm³/mol. The normalized spacial score (nSPS) is 12.2. The van der Waals surface area contributed by atoms with E-state index >= 15 is 0 Å². The van der Waals surface area contributed by atoms with Gasteiger partial charge < -0.3 is 14.6 Å². The van der Waals surface area contributed by atoms with Gasteiger partial charge in [0, 0.05) is 35.3 Å². The summed E-state index contributed by atoms with van der Waals surface area (Å²) >= 11 is 0. The molecule has 35 heavy (non-hydrogen) atoms. The number of benzene rings is 1. The lowest BCUT2D eigenvalue weighted by Gasteiger charge is -2.15. The number of nitrogens with two attached hydrogens (primary N) is 1. The Morgan fingerprint density at radius 2 is 2.03 bits per heavy atom. The van der Waals surface area contributed by atoms with Gasteiger partial charge in [-0.25, -0.2) is 15.0 Å². The Morgan fingerprint density at radius 1 is 1.26 bits per heavy atom. The SMILES string of the molecule is CCOC(=O)/C(C)=C/C(=C\[NH2+]O)c1cccc(-n2cc(C(=O)NC(C)C)c(=O)c3cccnc32)c1. The number of amides is 1. The van der Waals surface area contributed by atoms with E-state index in [2.05, 4.69) is 10.3 Å². The van der Waals surface area contributed by atoms with Crippen molar-refractivity contribution in [3.63, 3.8) is 0 Å². The van der Waals surface area contributed by atoms with Crippen molar-refractivity contribution in [2.45, 2.75) is 33.7 Å². The van der Waals surface area contributed by atoms with Crippen LogP contribution in [-0.4, -0.2) is 39.3 Å². The Bertz CT molecular complexity index is 1370. The van der Waals surface area contributed by atoms with E-state index in [4.69, 9.17) is 4.74 Å². The number of quaternary nitrogens is 1. The predicted octanol–water partition coefficient (Wildman–Crippen LogP) is 2.33. The van der Waals surface area contributed by atoms with Crippen LogP contribution in [0.4, 0.5) is 0 Å². The Balaban J connectivity index is 2.18. The Kier molecular flexibility index (Phi) is 8.30. The van der Waals surface area contributed by atoms with Gasteiger partial charge in [-0.1, -0.05) is 12.1 Å². The molecule has 0 unspecified atom stereocenters. The maximum Gasteiger partial charge on any atom is 0.333 e. The van der Waals surface area contributed by atoms with Gasteiger partial charge in [-0.2, -0.15) is 5.48 Å². The van der Waals surface area contributed by atoms with Crippen LogP contribution >= 0.6 is 0 Å². The minimum Gasteiger partial charge on any atom is -0.463 e. The number of nitrogens with one attached hydrogen (secondary N) is 1. The number of hydrogen-bond acceptors (Lipinski definition) is 6. The number of pyridine rings is 2. The highest BCUT2D eigenvalue weighted by atomic mass is 16.5. The molecular weight excluding hydrogens is 448 g/mol. The van der Waals surface area contributed by atoms with Gasteiger partial charge in [0.05, 0.1) is 12.0 Å². The van der Waals surface area contributed by atoms with Crippen molar-refractivity contribution in [1.29, 1.82) is 0 Å². The molecule has 0 spiro atoms. The van der Waals surface area contributed by atoms with E-state index in [-0.39, 0.29) is 18.2 Å². The van der Waals surface area contributed by atoms with Crippen molar-refractivity contribution < 1.29 is 25.0 Å². The van der Waals surface area contributed by atoms with Gasteiger partial charge in [-0.15, -0.1) is 0 Å². The maximum absolute atomic E-state index is 13.0. The molecule has 9 heteroatoms. The minimum absolute atomic E-state index is 0.00196. The van der Waals surface area contributed by atoms with Crippen LogP contribution in [0.1, 0.15) is 43.6 Å². The number of nitrogens with zero attached hydrogens (tertiary/aromatic N) is 2. The summed E-state index contributed by atoms with van der Waals surface area (Å²) < 4.78 is 6.73. The fraction of sp³-hybridized carbons (Fsp3) is 0.231. The number of fused-ring (bicyclic) bond motifs is 1. The average molecular weight is 478 g/mol. The third kappa shape index (κ3) is 5.89. The lowest BCUT2D eigenvalue weighted by molar-refractivity contribution is -0.837. The third-order valence-corrected chi connectivity index (χ3v) is 5.11. The van der Waals surface area contributed by atoms with E-state index in [0.717, 1.165) is 5.48 Å². The van der Waals surface area contributed by atoms with Crippen LogP contribution in [0.3, 0.4) is 0 Å². The Morgan fingerprint density at radius 3 is 2.71 bits per heavy atom. The van der Waals surface area contributed by atoms with E-state index in [9.17, 15) is 19.6 Å². The standard InChI is InChI=1S/C26H28N4O5/c1-5-35-26(33)17(4)12-19(14-28-34)18-8-6-9-20(13-18)30-15-22(25(32)29-16(2)3)23(31)21-10-7-11-27-24(21)30/h6-16,28,34H,5H2,1-4H3,(H,29,32)/p+1/b17-12+,19-14+. The molecule has 9 nitrogen and oxygen atoms in total. The number of ether oxygens (including phenoxy) is 1. The minimum atomic E-state index is -0.468. The van der Waals surface area contributed by atoms with Gasteiger partial charge in [-0.05, 0) is 63.6 Å². The first kappa shape index (κ1) is 25.5. The van der Waals surface area contributed by atoms with Gasteiger partial charge in [-0.3, -0.25) is 9.59 Å². The van der Waals surface area contributed by atoms with Gasteiger partial charge >= 0.3 is 5.97 Å². The second-order valence-corrected chi connectivity index (χ2v) is 8.11. The van der Waals surface area contributed by atoms with Crippen LogP contribution < -0.4 is 16.2 Å². The lowest BCUT2D eigenvalue weighted by atomic mass is 10.0. The summed E-state index contributed by atoms with van der Waals surface area (Å²) in [6.07, 6.45) is 6.14. The van der Waals surface area contributed by atoms with Gasteiger partial charge in [0.2, 0.25) is 5.43 Å². The third-order valence-electron chi connectivity index (χ3n) is 5.11. The summed E-state index contributed by atoms with van der Waals surface area (Å²) in [4.78, 5) is 42.3. The topological polar surface area (TPSA) is 127 Å². The Labute approximate surface area is 202 Å². The average Bonchev–Trinajstić information content (AvgIpc) is 2.84. The molecule has 3 rings (SSSR count). The van der Waals surface area contributed by atoms with Crippen LogP contribution in [0.25, 0.3) is 22.3 Å². The fourth-order valence-electron chi connectivity index (χ4n) is 3.54. The zero-order valence-corrected chi connectivity index (χ0v) is 20.1. The molecule has 0 bridgehead atoms. The molecule has 2 heterocycles. The van der Waals surface area contributed by atoms with E-state index in [1.807, 2.05) is 32.0 Å². The molecular formula is C26H29N4O5+. The first-order chi connectivity index (χ1) is 16.8. The van der Waals surface area contributed by atoms with Crippen molar-refractivity contribution in [3.05, 3.63) is 88.0 Å². The lowest BCUT2D eigenvalue weighted by Crippen LogP contribution is -2.73. The number of hydroxylamine groups is 1. The smallest absolute Gasteiger partial charge is 0.333 e. The number of carbonyl (C=O) groups excluding carboxylic acids is 2. The summed E-state index contributed by atoms with van der Waals surface area (Å²) in [7, 11) is 0. The van der Waals surface area contributed by atoms with Crippen molar-refractivity contribution in [2.24, 2.45) is 0 Å². The molecule has 1 aromatic carbocycles. The number of hydrogen-bond donors (Lipinski definition) is 3. The molecule has 0 saturated carbocycles. The van der Waals surface area contributed by atoms with E-state index in [1.54, 1.807) is 48.9 Å². The summed E-state index contributed by atoms with van der Waals surface area (Å²) in [5.41, 5.74) is 3.15. The first-order valence-corrected chi connectivity index (χ1v) is 11.2. The molecule has 0 aliphatic heterocycles. The van der Waals surface area contributed by atoms with Crippen LogP contribution in [0, 0.1) is 0 Å². The van der Waals surface area contributed by atoms with Crippen molar-refractivity contribution in [3.8, 4) is 5.69 Å². The quantitative estimate of drug-likeness (QED) is 0.198. The highest BCUT2D eigenvalue weighted by Crippen LogP contribution is 2.22. The second-order valence-electron chi connectivity index (χ2n) is 8.11. The summed E-state index contributed by atoms with van der Waals surface area (Å²) in [5, 5.41) is 12.5. The van der Waals surface area contributed by atoms with Crippen molar-refractivity contribution in [2.75, 3.05) is 6.61 Å². The molecule has 0 aliphatic carbocycles. The molecule has 4 N–H and O–H groups in total. The van der Waals surface area contributed by atoms with Gasteiger partial charge in [0.1, 0.15) is 17.4 Å². The zero-order valence-electron chi connectivity index (χ0n) is 20.1. The molecule has 0 atom stereocenters. The highest BCUT2D eigenvalue weighted by molar-refractivity contribution is 5.97. The molecule has 0 fully saturated rings. The van der Waals surface area contributed by atoms with E-state index in [0.29, 0.717) is 33.4 Å². The molecule has 0 radical (unpaired) electrons. The molecule has 3 aromatic rings. The van der Waals surface area contributed by atoms with E-state index < -0.39 is 17.3 Å². The molecule has 182 valence electrons. The second kappa shape index (κ2) is 11.4. The van der Waals surface area contributed by atoms with Crippen LogP contribution in [-0.2, 0) is 9.53 Å². The number of carbonyl (C=O) groups is 2. The van der Waals surface area contributed by atoms with Crippen molar-refractivity contribution >= 4 is 28.5 Å². The van der Waals surface area contributed by atoms with Crippen molar-refractivity contribution in [1.82, 2.24) is 14.9 Å². The highest BCUT2D eigenvalue weighted by Gasteiger charge is 2.18. The van der Waals surface area contributed by atoms with Gasteiger partial charge in [0.15, 0.2) is 0 Å². The molecule has 0 saturated heterocycles. The molecule has 0 aliphatic rings. The summed E-state index contributed by atoms with van der Waals surface area (Å²) in [6.45, 7) is 7.25. The monoisotopic (exact) mass is 477 g/mol. The fourth-order valence-corrected chi connectivity index (χ4v) is 3.54. The molecule has 2 aromatic heterocycles. The largest absolute Gasteiger partial charge is 0.463 e. The Hall–Kier alpha value is -4.08. The maximum atomic E-state index is 13.0. The number of rotatable bonds is 8. The molecule has 1 amide bonds. The van der Waals surface area contributed by atoms with Crippen LogP contribution in [0.5, 0.6) is 0 Å². The summed E-state index contributed by atoms with van der Waals surface area (Å²) in [5.74, 6) is -0.923. The zero-order chi connectivity index (χ0) is 25.5.